The largest absolute Gasteiger partial charge is 0.392 e. The van der Waals surface area contributed by atoms with Crippen LogP contribution in [0.1, 0.15) is 142 Å². The van der Waals surface area contributed by atoms with Crippen LogP contribution in [0, 0.1) is 0 Å². The summed E-state index contributed by atoms with van der Waals surface area (Å²) < 4.78 is 32.7. The van der Waals surface area contributed by atoms with Gasteiger partial charge in [0.25, 0.3) is 10.1 Å². The topological polar surface area (TPSA) is 74.6 Å². The summed E-state index contributed by atoms with van der Waals surface area (Å²) in [5.41, 5.74) is 0. The lowest BCUT2D eigenvalue weighted by Crippen LogP contribution is -2.33. The zero-order valence-electron chi connectivity index (χ0n) is 19.4. The van der Waals surface area contributed by atoms with E-state index in [2.05, 4.69) is 13.8 Å². The molecule has 29 heavy (non-hydrogen) atoms. The number of hydrogen-bond acceptors (Lipinski definition) is 3. The molecule has 0 aliphatic carbocycles. The summed E-state index contributed by atoms with van der Waals surface area (Å²) in [4.78, 5) is 0. The van der Waals surface area contributed by atoms with Gasteiger partial charge in [-0.05, 0) is 12.8 Å². The van der Waals surface area contributed by atoms with Crippen LogP contribution in [0.25, 0.3) is 0 Å². The fourth-order valence-corrected chi connectivity index (χ4v) is 5.04. The highest BCUT2D eigenvalue weighted by molar-refractivity contribution is 7.86. The van der Waals surface area contributed by atoms with Gasteiger partial charge in [-0.1, -0.05) is 129 Å². The van der Waals surface area contributed by atoms with Crippen molar-refractivity contribution in [3.63, 3.8) is 0 Å². The SMILES string of the molecule is CCCCCCCCCCCCCCCC(O)C(CCCCCCC)S(=O)(=O)O. The van der Waals surface area contributed by atoms with Crippen LogP contribution in [0.5, 0.6) is 0 Å². The molecule has 0 aromatic carbocycles. The summed E-state index contributed by atoms with van der Waals surface area (Å²) in [6.45, 7) is 4.39. The lowest BCUT2D eigenvalue weighted by atomic mass is 10.0. The minimum Gasteiger partial charge on any atom is -0.392 e. The lowest BCUT2D eigenvalue weighted by Gasteiger charge is -2.20. The molecule has 0 saturated heterocycles. The van der Waals surface area contributed by atoms with Gasteiger partial charge in [-0.25, -0.2) is 0 Å². The average Bonchev–Trinajstić information content (AvgIpc) is 2.67. The minimum atomic E-state index is -4.17. The molecule has 0 aliphatic rings. The molecule has 0 heterocycles. The van der Waals surface area contributed by atoms with Gasteiger partial charge in [0.15, 0.2) is 0 Å². The molecule has 0 aromatic heterocycles. The third-order valence-electron chi connectivity index (χ3n) is 6.01. The Balaban J connectivity index is 3.71. The third kappa shape index (κ3) is 18.4. The van der Waals surface area contributed by atoms with Crippen LogP contribution in [0.4, 0.5) is 0 Å². The number of aliphatic hydroxyl groups is 1. The van der Waals surface area contributed by atoms with Crippen LogP contribution < -0.4 is 0 Å². The van der Waals surface area contributed by atoms with E-state index < -0.39 is 21.5 Å². The summed E-state index contributed by atoms with van der Waals surface area (Å²) in [7, 11) is -4.17. The van der Waals surface area contributed by atoms with Gasteiger partial charge in [0.05, 0.1) is 6.10 Å². The molecule has 0 rings (SSSR count). The molecule has 2 unspecified atom stereocenters. The smallest absolute Gasteiger partial charge is 0.270 e. The molecule has 0 spiro atoms. The van der Waals surface area contributed by atoms with E-state index in [0.29, 0.717) is 12.8 Å². The van der Waals surface area contributed by atoms with Gasteiger partial charge in [-0.3, -0.25) is 4.55 Å². The Morgan fingerprint density at radius 1 is 0.552 bits per heavy atom. The zero-order chi connectivity index (χ0) is 21.8. The normalized spacial score (nSPS) is 14.2. The predicted octanol–water partition coefficient (Wildman–Crippen LogP) is 7.45. The molecule has 2 atom stereocenters. The molecule has 0 aromatic rings. The first-order valence-corrected chi connectivity index (χ1v) is 14.1. The number of hydrogen-bond donors (Lipinski definition) is 2. The van der Waals surface area contributed by atoms with Gasteiger partial charge in [0.2, 0.25) is 0 Å². The standard InChI is InChI=1S/C24H50O4S/c1-3-5-7-9-10-11-12-13-14-15-16-18-19-21-23(25)24(29(26,27)28)22-20-17-8-6-4-2/h23-25H,3-22H2,1-2H3,(H,26,27,28). The monoisotopic (exact) mass is 434 g/mol. The first kappa shape index (κ1) is 28.9. The fourth-order valence-electron chi connectivity index (χ4n) is 4.05. The molecule has 0 amide bonds. The summed E-state index contributed by atoms with van der Waals surface area (Å²) in [5, 5.41) is 9.27. The molecule has 0 bridgehead atoms. The van der Waals surface area contributed by atoms with Gasteiger partial charge in [0.1, 0.15) is 5.25 Å². The summed E-state index contributed by atoms with van der Waals surface area (Å²) >= 11 is 0. The summed E-state index contributed by atoms with van der Waals surface area (Å²) in [6.07, 6.45) is 21.4. The molecule has 0 aliphatic heterocycles. The van der Waals surface area contributed by atoms with Gasteiger partial charge < -0.3 is 5.11 Å². The molecular formula is C24H50O4S. The van der Waals surface area contributed by atoms with E-state index in [1.165, 1.54) is 64.2 Å². The summed E-state index contributed by atoms with van der Waals surface area (Å²) in [6, 6.07) is 0. The van der Waals surface area contributed by atoms with Crippen molar-refractivity contribution in [3.05, 3.63) is 0 Å². The van der Waals surface area contributed by atoms with Gasteiger partial charge in [0, 0.05) is 0 Å². The van der Waals surface area contributed by atoms with Crippen LogP contribution >= 0.6 is 0 Å². The quantitative estimate of drug-likeness (QED) is 0.137. The second-order valence-corrected chi connectivity index (χ2v) is 10.5. The van der Waals surface area contributed by atoms with Crippen molar-refractivity contribution >= 4 is 10.1 Å². The van der Waals surface area contributed by atoms with E-state index in [1.807, 2.05) is 0 Å². The second-order valence-electron chi connectivity index (χ2n) is 8.85. The van der Waals surface area contributed by atoms with Crippen LogP contribution in [-0.2, 0) is 10.1 Å². The Morgan fingerprint density at radius 3 is 1.21 bits per heavy atom. The van der Waals surface area contributed by atoms with Crippen LogP contribution in [0.15, 0.2) is 0 Å². The van der Waals surface area contributed by atoms with Crippen molar-refractivity contribution in [1.29, 1.82) is 0 Å². The second kappa shape index (κ2) is 19.8. The maximum Gasteiger partial charge on any atom is 0.270 e. The Labute approximate surface area is 182 Å². The average molecular weight is 435 g/mol. The highest BCUT2D eigenvalue weighted by Crippen LogP contribution is 2.20. The zero-order valence-corrected chi connectivity index (χ0v) is 20.2. The molecule has 176 valence electrons. The van der Waals surface area contributed by atoms with Gasteiger partial charge >= 0.3 is 0 Å². The van der Waals surface area contributed by atoms with Crippen molar-refractivity contribution in [2.75, 3.05) is 0 Å². The Morgan fingerprint density at radius 2 is 0.862 bits per heavy atom. The van der Waals surface area contributed by atoms with E-state index >= 15 is 0 Å². The highest BCUT2D eigenvalue weighted by Gasteiger charge is 2.29. The van der Waals surface area contributed by atoms with Gasteiger partial charge in [-0.2, -0.15) is 8.42 Å². The maximum atomic E-state index is 11.6. The maximum absolute atomic E-state index is 11.6. The predicted molar refractivity (Wildman–Crippen MR) is 125 cm³/mol. The van der Waals surface area contributed by atoms with Crippen molar-refractivity contribution in [2.45, 2.75) is 154 Å². The van der Waals surface area contributed by atoms with E-state index in [0.717, 1.165) is 51.4 Å². The number of aliphatic hydroxyl groups excluding tert-OH is 1. The minimum absolute atomic E-state index is 0.363. The van der Waals surface area contributed by atoms with Crippen molar-refractivity contribution in [2.24, 2.45) is 0 Å². The Hall–Kier alpha value is -0.130. The number of unbranched alkanes of at least 4 members (excludes halogenated alkanes) is 16. The number of rotatable bonds is 22. The molecule has 0 saturated carbocycles. The first-order chi connectivity index (χ1) is 13.9. The van der Waals surface area contributed by atoms with E-state index in [9.17, 15) is 18.1 Å². The van der Waals surface area contributed by atoms with Gasteiger partial charge in [-0.15, -0.1) is 0 Å². The van der Waals surface area contributed by atoms with Crippen molar-refractivity contribution in [3.8, 4) is 0 Å². The van der Waals surface area contributed by atoms with E-state index in [-0.39, 0.29) is 0 Å². The third-order valence-corrected chi connectivity index (χ3v) is 7.32. The molecule has 5 heteroatoms. The van der Waals surface area contributed by atoms with Crippen LogP contribution in [0.3, 0.4) is 0 Å². The molecule has 2 N–H and O–H groups in total. The van der Waals surface area contributed by atoms with E-state index in [1.54, 1.807) is 0 Å². The lowest BCUT2D eigenvalue weighted by molar-refractivity contribution is 0.146. The molecule has 0 radical (unpaired) electrons. The van der Waals surface area contributed by atoms with E-state index in [4.69, 9.17) is 0 Å². The molecule has 4 nitrogen and oxygen atoms in total. The summed E-state index contributed by atoms with van der Waals surface area (Å²) in [5.74, 6) is 0. The van der Waals surface area contributed by atoms with Crippen LogP contribution in [0.2, 0.25) is 0 Å². The Bertz CT molecular complexity index is 436. The fraction of sp³-hybridized carbons (Fsp3) is 1.00. The van der Waals surface area contributed by atoms with Crippen LogP contribution in [-0.4, -0.2) is 29.4 Å². The molecule has 0 fully saturated rings. The first-order valence-electron chi connectivity index (χ1n) is 12.6. The molecular weight excluding hydrogens is 384 g/mol. The highest BCUT2D eigenvalue weighted by atomic mass is 32.2. The van der Waals surface area contributed by atoms with Crippen molar-refractivity contribution in [1.82, 2.24) is 0 Å². The Kier molecular flexibility index (Phi) is 19.7. The van der Waals surface area contributed by atoms with Crippen molar-refractivity contribution < 1.29 is 18.1 Å².